The number of aromatic nitrogens is 1. The van der Waals surface area contributed by atoms with Crippen molar-refractivity contribution in [3.63, 3.8) is 0 Å². The molecule has 1 heterocycles. The van der Waals surface area contributed by atoms with Crippen LogP contribution in [-0.2, 0) is 4.79 Å². The SMILES string of the molecule is CCC(Sc1cccc(NC(=O)c2c(OC)cccc2OC)c1)C(=O)Nc1ccc2cc[nH]c2c1. The molecule has 0 bridgehead atoms. The summed E-state index contributed by atoms with van der Waals surface area (Å²) < 4.78 is 10.7. The van der Waals surface area contributed by atoms with Crippen LogP contribution < -0.4 is 20.1 Å². The maximum atomic E-state index is 13.0. The highest BCUT2D eigenvalue weighted by Gasteiger charge is 2.20. The van der Waals surface area contributed by atoms with Crippen molar-refractivity contribution in [2.45, 2.75) is 23.5 Å². The summed E-state index contributed by atoms with van der Waals surface area (Å²) in [5.74, 6) is 0.433. The summed E-state index contributed by atoms with van der Waals surface area (Å²) in [5.41, 5.74) is 2.65. The number of aromatic amines is 1. The van der Waals surface area contributed by atoms with Gasteiger partial charge in [0.1, 0.15) is 17.1 Å². The van der Waals surface area contributed by atoms with Crippen molar-refractivity contribution < 1.29 is 19.1 Å². The monoisotopic (exact) mass is 489 g/mol. The number of benzene rings is 3. The number of anilines is 2. The fraction of sp³-hybridized carbons (Fsp3) is 0.185. The maximum Gasteiger partial charge on any atom is 0.263 e. The van der Waals surface area contributed by atoms with E-state index in [9.17, 15) is 9.59 Å². The number of rotatable bonds is 9. The molecule has 4 rings (SSSR count). The van der Waals surface area contributed by atoms with Gasteiger partial charge in [0.25, 0.3) is 5.91 Å². The third kappa shape index (κ3) is 5.60. The van der Waals surface area contributed by atoms with E-state index >= 15 is 0 Å². The van der Waals surface area contributed by atoms with Crippen LogP contribution in [0.1, 0.15) is 23.7 Å². The van der Waals surface area contributed by atoms with Crippen molar-refractivity contribution in [1.82, 2.24) is 4.98 Å². The third-order valence-corrected chi connectivity index (χ3v) is 6.87. The molecule has 0 radical (unpaired) electrons. The fourth-order valence-corrected chi connectivity index (χ4v) is 4.76. The van der Waals surface area contributed by atoms with E-state index in [1.165, 1.54) is 26.0 Å². The van der Waals surface area contributed by atoms with Crippen molar-refractivity contribution in [3.8, 4) is 11.5 Å². The van der Waals surface area contributed by atoms with E-state index in [-0.39, 0.29) is 17.1 Å². The highest BCUT2D eigenvalue weighted by atomic mass is 32.2. The Labute approximate surface area is 208 Å². The second-order valence-electron chi connectivity index (χ2n) is 7.80. The van der Waals surface area contributed by atoms with Gasteiger partial charge < -0.3 is 25.1 Å². The maximum absolute atomic E-state index is 13.0. The standard InChI is InChI=1S/C27H27N3O4S/c1-4-24(26(31)29-19-12-11-17-13-14-28-21(17)16-19)35-20-8-5-7-18(15-20)30-27(32)25-22(33-2)9-6-10-23(25)34-3/h5-16,24,28H,4H2,1-3H3,(H,29,31)(H,30,32). The number of thioether (sulfide) groups is 1. The largest absolute Gasteiger partial charge is 0.496 e. The van der Waals surface area contributed by atoms with Gasteiger partial charge in [0.2, 0.25) is 5.91 Å². The average Bonchev–Trinajstić information content (AvgIpc) is 3.34. The van der Waals surface area contributed by atoms with Crippen molar-refractivity contribution >= 4 is 45.9 Å². The Morgan fingerprint density at radius 2 is 1.63 bits per heavy atom. The molecule has 3 N–H and O–H groups in total. The van der Waals surface area contributed by atoms with Gasteiger partial charge in [-0.05, 0) is 60.3 Å². The molecule has 7 nitrogen and oxygen atoms in total. The minimum absolute atomic E-state index is 0.0726. The lowest BCUT2D eigenvalue weighted by molar-refractivity contribution is -0.115. The van der Waals surface area contributed by atoms with E-state index in [4.69, 9.17) is 9.47 Å². The Bertz CT molecular complexity index is 1330. The van der Waals surface area contributed by atoms with Crippen LogP contribution >= 0.6 is 11.8 Å². The van der Waals surface area contributed by atoms with Crippen LogP contribution in [-0.4, -0.2) is 36.3 Å². The predicted molar refractivity (Wildman–Crippen MR) is 141 cm³/mol. The van der Waals surface area contributed by atoms with Gasteiger partial charge in [-0.15, -0.1) is 11.8 Å². The number of methoxy groups -OCH3 is 2. The lowest BCUT2D eigenvalue weighted by Gasteiger charge is -2.16. The average molecular weight is 490 g/mol. The number of H-pyrrole nitrogens is 1. The molecule has 1 aromatic heterocycles. The zero-order valence-corrected chi connectivity index (χ0v) is 20.6. The van der Waals surface area contributed by atoms with E-state index in [1.807, 2.05) is 55.6 Å². The number of fused-ring (bicyclic) bond motifs is 1. The van der Waals surface area contributed by atoms with Gasteiger partial charge >= 0.3 is 0 Å². The highest BCUT2D eigenvalue weighted by molar-refractivity contribution is 8.00. The van der Waals surface area contributed by atoms with Crippen LogP contribution in [0.15, 0.2) is 77.8 Å². The van der Waals surface area contributed by atoms with Crippen molar-refractivity contribution in [1.29, 1.82) is 0 Å². The highest BCUT2D eigenvalue weighted by Crippen LogP contribution is 2.31. The van der Waals surface area contributed by atoms with Gasteiger partial charge in [0.15, 0.2) is 0 Å². The summed E-state index contributed by atoms with van der Waals surface area (Å²) >= 11 is 1.45. The van der Waals surface area contributed by atoms with E-state index in [0.29, 0.717) is 29.2 Å². The van der Waals surface area contributed by atoms with Gasteiger partial charge in [-0.3, -0.25) is 9.59 Å². The molecule has 0 spiro atoms. The summed E-state index contributed by atoms with van der Waals surface area (Å²) in [6, 6.07) is 20.4. The Kier molecular flexibility index (Phi) is 7.62. The summed E-state index contributed by atoms with van der Waals surface area (Å²) in [4.78, 5) is 30.0. The topological polar surface area (TPSA) is 92.4 Å². The first-order valence-electron chi connectivity index (χ1n) is 11.2. The van der Waals surface area contributed by atoms with Crippen molar-refractivity contribution in [2.24, 2.45) is 0 Å². The third-order valence-electron chi connectivity index (χ3n) is 5.51. The van der Waals surface area contributed by atoms with E-state index in [1.54, 1.807) is 24.3 Å². The van der Waals surface area contributed by atoms with Crippen molar-refractivity contribution in [3.05, 3.63) is 78.5 Å². The normalized spacial score (nSPS) is 11.6. The van der Waals surface area contributed by atoms with Gasteiger partial charge in [0.05, 0.1) is 19.5 Å². The molecule has 0 saturated heterocycles. The van der Waals surface area contributed by atoms with Crippen molar-refractivity contribution in [2.75, 3.05) is 24.9 Å². The molecule has 0 saturated carbocycles. The van der Waals surface area contributed by atoms with Gasteiger partial charge in [-0.1, -0.05) is 25.1 Å². The van der Waals surface area contributed by atoms with Crippen LogP contribution in [0.3, 0.4) is 0 Å². The summed E-state index contributed by atoms with van der Waals surface area (Å²) in [7, 11) is 3.02. The van der Waals surface area contributed by atoms with Gasteiger partial charge in [-0.25, -0.2) is 0 Å². The quantitative estimate of drug-likeness (QED) is 0.253. The second-order valence-corrected chi connectivity index (χ2v) is 9.08. The molecule has 3 aromatic carbocycles. The molecule has 0 fully saturated rings. The Hall–Kier alpha value is -3.91. The van der Waals surface area contributed by atoms with E-state index in [2.05, 4.69) is 15.6 Å². The van der Waals surface area contributed by atoms with E-state index in [0.717, 1.165) is 21.5 Å². The van der Waals surface area contributed by atoms with Crippen LogP contribution in [0.25, 0.3) is 10.9 Å². The number of carbonyl (C=O) groups excluding carboxylic acids is 2. The molecule has 0 aliphatic heterocycles. The summed E-state index contributed by atoms with van der Waals surface area (Å²) in [5, 5.41) is 6.71. The molecule has 8 heteroatoms. The van der Waals surface area contributed by atoms with Crippen LogP contribution in [0.2, 0.25) is 0 Å². The van der Waals surface area contributed by atoms with Crippen LogP contribution in [0.4, 0.5) is 11.4 Å². The minimum atomic E-state index is -0.342. The zero-order chi connectivity index (χ0) is 24.8. The number of amides is 2. The lowest BCUT2D eigenvalue weighted by Crippen LogP contribution is -2.24. The fourth-order valence-electron chi connectivity index (χ4n) is 3.75. The molecule has 1 unspecified atom stereocenters. The number of carbonyl (C=O) groups is 2. The molecule has 4 aromatic rings. The molecule has 1 atom stereocenters. The number of hydrogen-bond acceptors (Lipinski definition) is 5. The first kappa shape index (κ1) is 24.2. The van der Waals surface area contributed by atoms with Gasteiger partial charge in [-0.2, -0.15) is 0 Å². The number of hydrogen-bond donors (Lipinski definition) is 3. The van der Waals surface area contributed by atoms with Gasteiger partial charge in [0, 0.05) is 28.0 Å². The molecule has 0 aliphatic rings. The summed E-state index contributed by atoms with van der Waals surface area (Å²) in [6.45, 7) is 1.98. The van der Waals surface area contributed by atoms with E-state index < -0.39 is 0 Å². The number of nitrogens with one attached hydrogen (secondary N) is 3. The molecule has 180 valence electrons. The lowest BCUT2D eigenvalue weighted by atomic mass is 10.1. The molecule has 2 amide bonds. The first-order valence-corrected chi connectivity index (χ1v) is 12.1. The van der Waals surface area contributed by atoms with Crippen LogP contribution in [0.5, 0.6) is 11.5 Å². The Morgan fingerprint density at radius 1 is 0.914 bits per heavy atom. The minimum Gasteiger partial charge on any atom is -0.496 e. The summed E-state index contributed by atoms with van der Waals surface area (Å²) in [6.07, 6.45) is 2.52. The first-order chi connectivity index (χ1) is 17.0. The number of ether oxygens (including phenoxy) is 2. The molecule has 0 aliphatic carbocycles. The van der Waals surface area contributed by atoms with Crippen LogP contribution in [0, 0.1) is 0 Å². The molecular formula is C27H27N3O4S. The Morgan fingerprint density at radius 3 is 2.34 bits per heavy atom. The molecular weight excluding hydrogens is 462 g/mol. The Balaban J connectivity index is 1.46. The predicted octanol–water partition coefficient (Wildman–Crippen LogP) is 5.95. The second kappa shape index (κ2) is 11.0. The molecule has 35 heavy (non-hydrogen) atoms. The zero-order valence-electron chi connectivity index (χ0n) is 19.8. The smallest absolute Gasteiger partial charge is 0.263 e.